The Labute approximate surface area is 102 Å². The van der Waals surface area contributed by atoms with Gasteiger partial charge in [-0.15, -0.1) is 5.10 Å². The normalized spacial score (nSPS) is 10.2. The Hall–Kier alpha value is -1.93. The molecule has 0 radical (unpaired) electrons. The maximum absolute atomic E-state index is 13.5. The van der Waals surface area contributed by atoms with Crippen LogP contribution < -0.4 is 0 Å². The first-order chi connectivity index (χ1) is 8.13. The number of nitriles is 1. The van der Waals surface area contributed by atoms with Crippen molar-refractivity contribution in [2.24, 2.45) is 0 Å². The maximum Gasteiger partial charge on any atom is 0.185 e. The van der Waals surface area contributed by atoms with Crippen LogP contribution in [0, 0.1) is 24.1 Å². The molecule has 86 valence electrons. The molecule has 0 bridgehead atoms. The molecule has 0 saturated heterocycles. The van der Waals surface area contributed by atoms with E-state index >= 15 is 0 Å². The SMILES string of the molecule is Cc1c(C#N)nnn1Cc1c(F)cccc1Cl. The maximum atomic E-state index is 13.5. The van der Waals surface area contributed by atoms with Crippen LogP contribution in [0.25, 0.3) is 0 Å². The molecule has 0 aliphatic heterocycles. The number of rotatable bonds is 2. The molecule has 0 fully saturated rings. The molecule has 0 saturated carbocycles. The lowest BCUT2D eigenvalue weighted by molar-refractivity contribution is 0.571. The minimum absolute atomic E-state index is 0.159. The number of benzene rings is 1. The second-order valence-electron chi connectivity index (χ2n) is 3.49. The third-order valence-electron chi connectivity index (χ3n) is 2.46. The van der Waals surface area contributed by atoms with E-state index in [4.69, 9.17) is 16.9 Å². The van der Waals surface area contributed by atoms with Crippen molar-refractivity contribution in [2.75, 3.05) is 0 Å². The van der Waals surface area contributed by atoms with Gasteiger partial charge in [-0.3, -0.25) is 0 Å². The highest BCUT2D eigenvalue weighted by atomic mass is 35.5. The van der Waals surface area contributed by atoms with E-state index in [9.17, 15) is 4.39 Å². The second-order valence-corrected chi connectivity index (χ2v) is 3.90. The van der Waals surface area contributed by atoms with Crippen molar-refractivity contribution in [2.45, 2.75) is 13.5 Å². The third kappa shape index (κ3) is 2.12. The van der Waals surface area contributed by atoms with Crippen LogP contribution in [0.3, 0.4) is 0 Å². The van der Waals surface area contributed by atoms with Crippen LogP contribution >= 0.6 is 11.6 Å². The summed E-state index contributed by atoms with van der Waals surface area (Å²) in [4.78, 5) is 0. The molecule has 0 atom stereocenters. The Kier molecular flexibility index (Phi) is 3.07. The number of nitrogens with zero attached hydrogens (tertiary/aromatic N) is 4. The van der Waals surface area contributed by atoms with Crippen molar-refractivity contribution in [3.8, 4) is 6.07 Å². The zero-order valence-corrected chi connectivity index (χ0v) is 9.74. The fourth-order valence-corrected chi connectivity index (χ4v) is 1.67. The summed E-state index contributed by atoms with van der Waals surface area (Å²) < 4.78 is 15.0. The van der Waals surface area contributed by atoms with E-state index in [1.54, 1.807) is 13.0 Å². The number of hydrogen-bond acceptors (Lipinski definition) is 3. The molecule has 0 N–H and O–H groups in total. The first-order valence-electron chi connectivity index (χ1n) is 4.86. The third-order valence-corrected chi connectivity index (χ3v) is 2.81. The standard InChI is InChI=1S/C11H8ClFN4/c1-7-11(5-14)15-16-17(7)6-8-9(12)3-2-4-10(8)13/h2-4H,6H2,1H3. The summed E-state index contributed by atoms with van der Waals surface area (Å²) in [5.74, 6) is -0.397. The largest absolute Gasteiger partial charge is 0.244 e. The van der Waals surface area contributed by atoms with Gasteiger partial charge >= 0.3 is 0 Å². The summed E-state index contributed by atoms with van der Waals surface area (Å²) in [6.45, 7) is 1.86. The van der Waals surface area contributed by atoms with Crippen molar-refractivity contribution in [3.63, 3.8) is 0 Å². The highest BCUT2D eigenvalue weighted by molar-refractivity contribution is 6.31. The molecule has 4 nitrogen and oxygen atoms in total. The van der Waals surface area contributed by atoms with Crippen LogP contribution in [0.1, 0.15) is 17.0 Å². The zero-order valence-electron chi connectivity index (χ0n) is 8.98. The van der Waals surface area contributed by atoms with Crippen LogP contribution in [0.4, 0.5) is 4.39 Å². The highest BCUT2D eigenvalue weighted by Crippen LogP contribution is 2.20. The Morgan fingerprint density at radius 2 is 2.29 bits per heavy atom. The lowest BCUT2D eigenvalue weighted by Gasteiger charge is -2.06. The minimum atomic E-state index is -0.397. The van der Waals surface area contributed by atoms with Gasteiger partial charge in [-0.2, -0.15) is 5.26 Å². The number of hydrogen-bond donors (Lipinski definition) is 0. The summed E-state index contributed by atoms with van der Waals surface area (Å²) in [7, 11) is 0. The topological polar surface area (TPSA) is 54.5 Å². The smallest absolute Gasteiger partial charge is 0.185 e. The summed E-state index contributed by atoms with van der Waals surface area (Å²) in [5, 5.41) is 16.5. The Morgan fingerprint density at radius 3 is 2.88 bits per heavy atom. The van der Waals surface area contributed by atoms with Gasteiger partial charge in [0.1, 0.15) is 11.9 Å². The number of halogens is 2. The van der Waals surface area contributed by atoms with Gasteiger partial charge in [-0.05, 0) is 19.1 Å². The van der Waals surface area contributed by atoms with E-state index in [0.29, 0.717) is 16.3 Å². The van der Waals surface area contributed by atoms with E-state index in [1.165, 1.54) is 16.8 Å². The lowest BCUT2D eigenvalue weighted by Crippen LogP contribution is -2.06. The summed E-state index contributed by atoms with van der Waals surface area (Å²) in [6.07, 6.45) is 0. The Morgan fingerprint density at radius 1 is 1.53 bits per heavy atom. The first kappa shape index (κ1) is 11.6. The van der Waals surface area contributed by atoms with E-state index < -0.39 is 5.82 Å². The first-order valence-corrected chi connectivity index (χ1v) is 5.24. The van der Waals surface area contributed by atoms with Gasteiger partial charge in [0.2, 0.25) is 0 Å². The van der Waals surface area contributed by atoms with Crippen LogP contribution in [-0.4, -0.2) is 15.0 Å². The Balaban J connectivity index is 2.39. The van der Waals surface area contributed by atoms with E-state index in [-0.39, 0.29) is 12.2 Å². The molecule has 17 heavy (non-hydrogen) atoms. The van der Waals surface area contributed by atoms with Gasteiger partial charge in [0.15, 0.2) is 5.69 Å². The Bertz CT molecular complexity index is 580. The molecule has 0 amide bonds. The molecule has 2 aromatic rings. The molecule has 0 aliphatic carbocycles. The van der Waals surface area contributed by atoms with E-state index in [0.717, 1.165) is 0 Å². The van der Waals surface area contributed by atoms with Gasteiger partial charge < -0.3 is 0 Å². The monoisotopic (exact) mass is 250 g/mol. The van der Waals surface area contributed by atoms with Crippen LogP contribution in [0.15, 0.2) is 18.2 Å². The summed E-state index contributed by atoms with van der Waals surface area (Å²) in [5.41, 5.74) is 1.16. The van der Waals surface area contributed by atoms with E-state index in [2.05, 4.69) is 10.3 Å². The molecule has 2 rings (SSSR count). The van der Waals surface area contributed by atoms with E-state index in [1.807, 2.05) is 6.07 Å². The average Bonchev–Trinajstić information content (AvgIpc) is 2.65. The molecule has 1 aromatic carbocycles. The van der Waals surface area contributed by atoms with Gasteiger partial charge in [0, 0.05) is 10.6 Å². The second kappa shape index (κ2) is 4.52. The lowest BCUT2D eigenvalue weighted by atomic mass is 10.2. The molecule has 1 heterocycles. The molecule has 1 aromatic heterocycles. The average molecular weight is 251 g/mol. The fourth-order valence-electron chi connectivity index (χ4n) is 1.45. The molecule has 0 spiro atoms. The number of aromatic nitrogens is 3. The molecule has 6 heteroatoms. The molecule has 0 aliphatic rings. The van der Waals surface area contributed by atoms with Gasteiger partial charge in [0.25, 0.3) is 0 Å². The fraction of sp³-hybridized carbons (Fsp3) is 0.182. The van der Waals surface area contributed by atoms with Crippen molar-refractivity contribution in [1.82, 2.24) is 15.0 Å². The zero-order chi connectivity index (χ0) is 12.4. The quantitative estimate of drug-likeness (QED) is 0.822. The van der Waals surface area contributed by atoms with Crippen LogP contribution in [-0.2, 0) is 6.54 Å². The van der Waals surface area contributed by atoms with Crippen molar-refractivity contribution < 1.29 is 4.39 Å². The predicted molar refractivity (Wildman–Crippen MR) is 60.0 cm³/mol. The van der Waals surface area contributed by atoms with Crippen molar-refractivity contribution >= 4 is 11.6 Å². The highest BCUT2D eigenvalue weighted by Gasteiger charge is 2.12. The van der Waals surface area contributed by atoms with Crippen LogP contribution in [0.5, 0.6) is 0 Å². The molecular formula is C11H8ClFN4. The van der Waals surface area contributed by atoms with Crippen molar-refractivity contribution in [3.05, 3.63) is 46.0 Å². The van der Waals surface area contributed by atoms with Gasteiger partial charge in [-0.1, -0.05) is 22.9 Å². The van der Waals surface area contributed by atoms with Gasteiger partial charge in [0.05, 0.1) is 12.2 Å². The molecule has 0 unspecified atom stereocenters. The van der Waals surface area contributed by atoms with Crippen LogP contribution in [0.2, 0.25) is 5.02 Å². The van der Waals surface area contributed by atoms with Gasteiger partial charge in [-0.25, -0.2) is 9.07 Å². The molecular weight excluding hydrogens is 243 g/mol. The summed E-state index contributed by atoms with van der Waals surface area (Å²) in [6, 6.07) is 6.39. The van der Waals surface area contributed by atoms with Crippen molar-refractivity contribution in [1.29, 1.82) is 5.26 Å². The minimum Gasteiger partial charge on any atom is -0.244 e. The summed E-state index contributed by atoms with van der Waals surface area (Å²) >= 11 is 5.91. The predicted octanol–water partition coefficient (Wildman–Crippen LogP) is 2.30.